The summed E-state index contributed by atoms with van der Waals surface area (Å²) in [6.45, 7) is 6.66. The fourth-order valence-corrected chi connectivity index (χ4v) is 6.99. The Morgan fingerprint density at radius 1 is 1.11 bits per heavy atom. The molecule has 0 spiro atoms. The summed E-state index contributed by atoms with van der Waals surface area (Å²) in [4.78, 5) is 9.21. The second-order valence-corrected chi connectivity index (χ2v) is 11.0. The molecule has 35 heavy (non-hydrogen) atoms. The maximum atomic E-state index is 12.8. The highest BCUT2D eigenvalue weighted by molar-refractivity contribution is 5.64. The Morgan fingerprint density at radius 2 is 1.86 bits per heavy atom. The zero-order chi connectivity index (χ0) is 24.6. The molecule has 0 radical (unpaired) electrons. The lowest BCUT2D eigenvalue weighted by atomic mass is 10.0. The highest BCUT2D eigenvalue weighted by Gasteiger charge is 2.60. The van der Waals surface area contributed by atoms with Crippen LogP contribution in [0.2, 0.25) is 0 Å². The smallest absolute Gasteiger partial charge is 0.402 e. The lowest BCUT2D eigenvalue weighted by molar-refractivity contribution is -0.274. The molecule has 2 N–H and O–H groups in total. The van der Waals surface area contributed by atoms with Crippen LogP contribution in [0.15, 0.2) is 18.3 Å². The van der Waals surface area contributed by atoms with Crippen LogP contribution in [0.1, 0.15) is 57.2 Å². The fraction of sp³-hybridized carbons (Fsp3) is 0.680. The molecule has 6 rings (SSSR count). The van der Waals surface area contributed by atoms with E-state index in [0.717, 1.165) is 12.5 Å². The van der Waals surface area contributed by atoms with Crippen molar-refractivity contribution < 1.29 is 17.9 Å². The van der Waals surface area contributed by atoms with E-state index >= 15 is 0 Å². The van der Waals surface area contributed by atoms with Crippen molar-refractivity contribution >= 4 is 5.82 Å². The zero-order valence-electron chi connectivity index (χ0n) is 20.4. The summed E-state index contributed by atoms with van der Waals surface area (Å²) in [6, 6.07) is 5.66. The summed E-state index contributed by atoms with van der Waals surface area (Å²) in [7, 11) is 2.24. The van der Waals surface area contributed by atoms with Gasteiger partial charge in [0.2, 0.25) is 0 Å². The van der Waals surface area contributed by atoms with Crippen LogP contribution in [0.3, 0.4) is 0 Å². The highest BCUT2D eigenvalue weighted by atomic mass is 19.4. The molecule has 5 unspecified atom stereocenters. The van der Waals surface area contributed by atoms with E-state index in [1.54, 1.807) is 0 Å². The third-order valence-electron chi connectivity index (χ3n) is 8.96. The number of nitrogens with two attached hydrogens (primary N) is 1. The molecule has 5 atom stereocenters. The van der Waals surface area contributed by atoms with Crippen LogP contribution in [-0.2, 0) is 0 Å². The van der Waals surface area contributed by atoms with Crippen molar-refractivity contribution in [1.29, 1.82) is 0 Å². The first-order chi connectivity index (χ1) is 16.6. The lowest BCUT2D eigenvalue weighted by Crippen LogP contribution is -2.48. The summed E-state index contributed by atoms with van der Waals surface area (Å²) in [5, 5.41) is 4.83. The molecule has 4 heterocycles. The van der Waals surface area contributed by atoms with Gasteiger partial charge in [-0.3, -0.25) is 9.58 Å². The molecule has 2 aromatic rings. The van der Waals surface area contributed by atoms with E-state index in [9.17, 15) is 13.2 Å². The first-order valence-corrected chi connectivity index (χ1v) is 12.7. The minimum absolute atomic E-state index is 0.202. The van der Waals surface area contributed by atoms with Gasteiger partial charge in [-0.25, -0.2) is 4.98 Å². The summed E-state index contributed by atoms with van der Waals surface area (Å²) >= 11 is 0. The third-order valence-corrected chi connectivity index (χ3v) is 8.96. The zero-order valence-corrected chi connectivity index (χ0v) is 20.4. The van der Waals surface area contributed by atoms with Crippen LogP contribution in [-0.4, -0.2) is 69.2 Å². The number of halogens is 3. The molecular formula is C25H33F3N6O. The van der Waals surface area contributed by atoms with Crippen molar-refractivity contribution in [2.24, 2.45) is 11.8 Å². The number of anilines is 1. The molecule has 0 aromatic carbocycles. The maximum Gasteiger partial charge on any atom is 0.573 e. The monoisotopic (exact) mass is 490 g/mol. The number of nitrogens with zero attached hydrogens (tertiary/aromatic N) is 5. The first kappa shape index (κ1) is 23.1. The molecule has 7 nitrogen and oxygen atoms in total. The number of fused-ring (bicyclic) bond motifs is 3. The van der Waals surface area contributed by atoms with E-state index in [4.69, 9.17) is 10.8 Å². The molecule has 2 saturated carbocycles. The number of nitrogen functional groups attached to an aromatic ring is 1. The molecule has 2 saturated heterocycles. The predicted octanol–water partition coefficient (Wildman–Crippen LogP) is 4.28. The molecule has 4 fully saturated rings. The number of hydrogen-bond donors (Lipinski definition) is 1. The van der Waals surface area contributed by atoms with Crippen LogP contribution < -0.4 is 10.5 Å². The molecule has 4 aliphatic rings. The number of piperazine rings is 1. The van der Waals surface area contributed by atoms with Gasteiger partial charge in [-0.1, -0.05) is 6.92 Å². The van der Waals surface area contributed by atoms with Crippen molar-refractivity contribution in [2.75, 3.05) is 25.9 Å². The van der Waals surface area contributed by atoms with Crippen LogP contribution in [0.5, 0.6) is 5.75 Å². The lowest BCUT2D eigenvalue weighted by Gasteiger charge is -2.37. The van der Waals surface area contributed by atoms with Gasteiger partial charge < -0.3 is 15.4 Å². The normalized spacial score (nSPS) is 33.3. The largest absolute Gasteiger partial charge is 0.573 e. The van der Waals surface area contributed by atoms with Crippen LogP contribution >= 0.6 is 0 Å². The molecule has 2 aliphatic heterocycles. The molecule has 2 bridgehead atoms. The van der Waals surface area contributed by atoms with Crippen molar-refractivity contribution in [3.8, 4) is 17.0 Å². The SMILES string of the molecule is CCC(C)n1nc(-c2cnc(N)c(OC(F)(F)F)c2)cc1C1C2CC(N3CC4CC3CN4C)CC21. The Kier molecular flexibility index (Phi) is 5.34. The average Bonchev–Trinajstić information content (AvgIpc) is 3.33. The predicted molar refractivity (Wildman–Crippen MR) is 126 cm³/mol. The van der Waals surface area contributed by atoms with Crippen molar-refractivity contribution in [3.63, 3.8) is 0 Å². The molecule has 190 valence electrons. The summed E-state index contributed by atoms with van der Waals surface area (Å²) in [5.74, 6) is 1.01. The van der Waals surface area contributed by atoms with E-state index in [1.165, 1.54) is 50.3 Å². The topological polar surface area (TPSA) is 72.4 Å². The van der Waals surface area contributed by atoms with Crippen LogP contribution in [0.4, 0.5) is 19.0 Å². The molecule has 2 aliphatic carbocycles. The third kappa shape index (κ3) is 3.98. The van der Waals surface area contributed by atoms with Crippen molar-refractivity contribution in [3.05, 3.63) is 24.0 Å². The molecule has 10 heteroatoms. The number of likely N-dealkylation sites (N-methyl/N-ethyl adjacent to an activating group) is 1. The van der Waals surface area contributed by atoms with E-state index in [-0.39, 0.29) is 11.9 Å². The Bertz CT molecular complexity index is 1110. The van der Waals surface area contributed by atoms with Gasteiger partial charge in [0.05, 0.1) is 5.69 Å². The molecule has 0 amide bonds. The minimum Gasteiger partial charge on any atom is -0.402 e. The van der Waals surface area contributed by atoms with Gasteiger partial charge in [0, 0.05) is 60.6 Å². The van der Waals surface area contributed by atoms with Gasteiger partial charge in [-0.05, 0) is 63.6 Å². The van der Waals surface area contributed by atoms with Gasteiger partial charge in [-0.2, -0.15) is 5.10 Å². The minimum atomic E-state index is -4.83. The van der Waals surface area contributed by atoms with Crippen LogP contribution in [0, 0.1) is 11.8 Å². The van der Waals surface area contributed by atoms with Crippen molar-refractivity contribution in [2.45, 2.75) is 76.0 Å². The Morgan fingerprint density at radius 3 is 2.46 bits per heavy atom. The van der Waals surface area contributed by atoms with E-state index in [1.807, 2.05) is 6.07 Å². The second kappa shape index (κ2) is 8.09. The number of likely N-dealkylation sites (tertiary alicyclic amines) is 2. The van der Waals surface area contributed by atoms with E-state index < -0.39 is 12.1 Å². The summed E-state index contributed by atoms with van der Waals surface area (Å²) < 4.78 is 44.6. The first-order valence-electron chi connectivity index (χ1n) is 12.7. The Balaban J connectivity index is 1.22. The number of pyridine rings is 1. The Hall–Kier alpha value is -2.33. The standard InChI is InChI=1S/C25H33F3N6O/c1-4-13(2)34-21(9-20(31-34)14-5-22(24(29)30-10-14)35-25(26,27)28)23-18-7-15(8-19(18)23)33-12-16-6-17(33)11-32(16)3/h5,9-10,13,15-19,23H,4,6-8,11-12H2,1-3H3,(H2,29,30). The average molecular weight is 491 g/mol. The number of hydrogen-bond acceptors (Lipinski definition) is 6. The number of aromatic nitrogens is 3. The number of ether oxygens (including phenoxy) is 1. The van der Waals surface area contributed by atoms with Gasteiger partial charge in [0.25, 0.3) is 0 Å². The van der Waals surface area contributed by atoms with Gasteiger partial charge in [0.1, 0.15) is 0 Å². The summed E-state index contributed by atoms with van der Waals surface area (Å²) in [5.41, 5.74) is 7.91. The van der Waals surface area contributed by atoms with Crippen LogP contribution in [0.25, 0.3) is 11.3 Å². The van der Waals surface area contributed by atoms with Gasteiger partial charge >= 0.3 is 6.36 Å². The van der Waals surface area contributed by atoms with E-state index in [0.29, 0.717) is 41.1 Å². The Labute approximate surface area is 203 Å². The highest BCUT2D eigenvalue weighted by Crippen LogP contribution is 2.64. The summed E-state index contributed by atoms with van der Waals surface area (Å²) in [6.07, 6.45) is 1.33. The number of rotatable bonds is 6. The quantitative estimate of drug-likeness (QED) is 0.652. The molecular weight excluding hydrogens is 457 g/mol. The van der Waals surface area contributed by atoms with Crippen molar-refractivity contribution in [1.82, 2.24) is 24.6 Å². The van der Waals surface area contributed by atoms with E-state index in [2.05, 4.69) is 45.1 Å². The maximum absolute atomic E-state index is 12.8. The fourth-order valence-electron chi connectivity index (χ4n) is 6.99. The second-order valence-electron chi connectivity index (χ2n) is 11.0. The molecule has 2 aromatic heterocycles. The van der Waals surface area contributed by atoms with Gasteiger partial charge in [-0.15, -0.1) is 13.2 Å². The number of alkyl halides is 3. The van der Waals surface area contributed by atoms with Gasteiger partial charge in [0.15, 0.2) is 11.6 Å².